The Bertz CT molecular complexity index is 1120. The predicted molar refractivity (Wildman–Crippen MR) is 128 cm³/mol. The van der Waals surface area contributed by atoms with Crippen LogP contribution in [0, 0.1) is 0 Å². The summed E-state index contributed by atoms with van der Waals surface area (Å²) in [7, 11) is 1.54. The third-order valence-corrected chi connectivity index (χ3v) is 6.94. The van der Waals surface area contributed by atoms with Crippen LogP contribution in [0.15, 0.2) is 42.6 Å². The van der Waals surface area contributed by atoms with Crippen LogP contribution < -0.4 is 9.64 Å². The molecular weight excluding hydrogens is 435 g/mol. The second-order valence-electron chi connectivity index (χ2n) is 8.90. The van der Waals surface area contributed by atoms with Crippen molar-refractivity contribution < 1.29 is 14.2 Å². The van der Waals surface area contributed by atoms with Gasteiger partial charge in [0.2, 0.25) is 5.88 Å². The highest BCUT2D eigenvalue weighted by molar-refractivity contribution is 5.74. The van der Waals surface area contributed by atoms with E-state index in [2.05, 4.69) is 30.2 Å². The van der Waals surface area contributed by atoms with E-state index in [-0.39, 0.29) is 12.4 Å². The molecule has 0 amide bonds. The lowest BCUT2D eigenvalue weighted by molar-refractivity contribution is 0.0807. The molecule has 9 heteroatoms. The Kier molecular flexibility index (Phi) is 6.53. The van der Waals surface area contributed by atoms with Gasteiger partial charge in [-0.25, -0.2) is 4.39 Å². The van der Waals surface area contributed by atoms with Gasteiger partial charge in [-0.15, -0.1) is 15.3 Å². The van der Waals surface area contributed by atoms with Crippen molar-refractivity contribution >= 4 is 5.82 Å². The van der Waals surface area contributed by atoms with Crippen LogP contribution in [0.5, 0.6) is 11.6 Å². The van der Waals surface area contributed by atoms with E-state index in [0.717, 1.165) is 36.5 Å². The topological polar surface area (TPSA) is 87.5 Å². The van der Waals surface area contributed by atoms with E-state index < -0.39 is 0 Å². The van der Waals surface area contributed by atoms with Crippen LogP contribution in [0.25, 0.3) is 22.4 Å². The normalized spacial score (nSPS) is 18.3. The van der Waals surface area contributed by atoms with E-state index in [9.17, 15) is 9.50 Å². The summed E-state index contributed by atoms with van der Waals surface area (Å²) < 4.78 is 18.2. The molecule has 1 saturated carbocycles. The number of phenolic OH excluding ortho intramolecular Hbond substituents is 1. The first-order chi connectivity index (χ1) is 16.7. The summed E-state index contributed by atoms with van der Waals surface area (Å²) in [4.78, 5) is 4.58. The fourth-order valence-corrected chi connectivity index (χ4v) is 4.87. The summed E-state index contributed by atoms with van der Waals surface area (Å²) in [6, 6.07) is 11.9. The molecule has 8 nitrogen and oxygen atoms in total. The van der Waals surface area contributed by atoms with Crippen molar-refractivity contribution in [1.82, 2.24) is 25.3 Å². The molecule has 1 N–H and O–H groups in total. The summed E-state index contributed by atoms with van der Waals surface area (Å²) in [6.45, 7) is 1.95. The van der Waals surface area contributed by atoms with Crippen molar-refractivity contribution in [3.63, 3.8) is 0 Å². The van der Waals surface area contributed by atoms with Gasteiger partial charge in [0.25, 0.3) is 0 Å². The van der Waals surface area contributed by atoms with Gasteiger partial charge >= 0.3 is 0 Å². The van der Waals surface area contributed by atoms with Crippen molar-refractivity contribution in [2.75, 3.05) is 38.3 Å². The first-order valence-electron chi connectivity index (χ1n) is 11.8. The maximum atomic E-state index is 13.1. The summed E-state index contributed by atoms with van der Waals surface area (Å²) in [5.41, 5.74) is 2.80. The standard InChI is InChI=1S/C25H29FN6O2/c1-34-25-14-18(15-27-30-25)17-5-6-21(23(33)13-17)22-7-8-24(29-28-22)31-11-9-20(16-31)32(12-10-26)19-3-2-4-19/h5-8,13-15,19-20,33H,2-4,9-12,16H2,1H3/t20-/m1/s1. The lowest BCUT2D eigenvalue weighted by atomic mass is 9.90. The summed E-state index contributed by atoms with van der Waals surface area (Å²) in [5, 5.41) is 27.3. The van der Waals surface area contributed by atoms with Crippen LogP contribution in [-0.2, 0) is 0 Å². The Balaban J connectivity index is 1.28. The molecule has 3 heterocycles. The lowest BCUT2D eigenvalue weighted by Gasteiger charge is -2.40. The minimum Gasteiger partial charge on any atom is -0.507 e. The molecule has 0 spiro atoms. The number of methoxy groups -OCH3 is 1. The molecule has 0 radical (unpaired) electrons. The average Bonchev–Trinajstić information content (AvgIpc) is 3.33. The van der Waals surface area contributed by atoms with Crippen LogP contribution in [0.3, 0.4) is 0 Å². The van der Waals surface area contributed by atoms with E-state index in [4.69, 9.17) is 4.74 Å². The minimum absolute atomic E-state index is 0.110. The number of aromatic hydroxyl groups is 1. The quantitative estimate of drug-likeness (QED) is 0.540. The van der Waals surface area contributed by atoms with Gasteiger partial charge in [-0.05, 0) is 49.1 Å². The van der Waals surface area contributed by atoms with Crippen LogP contribution in [0.1, 0.15) is 25.7 Å². The van der Waals surface area contributed by atoms with Gasteiger partial charge in [-0.1, -0.05) is 12.5 Å². The molecule has 5 rings (SSSR count). The molecule has 0 bridgehead atoms. The number of ether oxygens (including phenoxy) is 1. The molecule has 34 heavy (non-hydrogen) atoms. The van der Waals surface area contributed by atoms with Crippen molar-refractivity contribution in [2.45, 2.75) is 37.8 Å². The van der Waals surface area contributed by atoms with Gasteiger partial charge in [0, 0.05) is 48.9 Å². The molecule has 3 aromatic rings. The van der Waals surface area contributed by atoms with Crippen LogP contribution in [-0.4, -0.2) is 75.9 Å². The Hall–Kier alpha value is -3.33. The second-order valence-corrected chi connectivity index (χ2v) is 8.90. The van der Waals surface area contributed by atoms with E-state index in [0.29, 0.717) is 35.8 Å². The smallest absolute Gasteiger partial charge is 0.233 e. The third-order valence-electron chi connectivity index (χ3n) is 6.94. The molecule has 1 saturated heterocycles. The van der Waals surface area contributed by atoms with Gasteiger partial charge in [0.1, 0.15) is 12.4 Å². The Morgan fingerprint density at radius 3 is 2.62 bits per heavy atom. The molecule has 1 aliphatic carbocycles. The van der Waals surface area contributed by atoms with Crippen molar-refractivity contribution in [1.29, 1.82) is 0 Å². The van der Waals surface area contributed by atoms with E-state index in [1.807, 2.05) is 24.3 Å². The van der Waals surface area contributed by atoms with Gasteiger partial charge in [0.05, 0.1) is 19.0 Å². The summed E-state index contributed by atoms with van der Waals surface area (Å²) in [6.07, 6.45) is 6.24. The second kappa shape index (κ2) is 9.89. The minimum atomic E-state index is -0.297. The maximum Gasteiger partial charge on any atom is 0.233 e. The number of phenols is 1. The first-order valence-corrected chi connectivity index (χ1v) is 11.8. The highest BCUT2D eigenvalue weighted by atomic mass is 19.1. The molecule has 1 aromatic carbocycles. The molecule has 2 aliphatic rings. The number of nitrogens with zero attached hydrogens (tertiary/aromatic N) is 6. The van der Waals surface area contributed by atoms with Crippen LogP contribution in [0.4, 0.5) is 10.2 Å². The van der Waals surface area contributed by atoms with Gasteiger partial charge in [0.15, 0.2) is 5.82 Å². The maximum absolute atomic E-state index is 13.1. The van der Waals surface area contributed by atoms with Gasteiger partial charge in [-0.2, -0.15) is 5.10 Å². The number of halogens is 1. The van der Waals surface area contributed by atoms with Crippen LogP contribution in [0.2, 0.25) is 0 Å². The fourth-order valence-electron chi connectivity index (χ4n) is 4.87. The highest BCUT2D eigenvalue weighted by Crippen LogP contribution is 2.34. The Morgan fingerprint density at radius 2 is 1.94 bits per heavy atom. The Labute approximate surface area is 198 Å². The van der Waals surface area contributed by atoms with Crippen molar-refractivity contribution in [2.24, 2.45) is 0 Å². The number of hydrogen-bond donors (Lipinski definition) is 1. The zero-order valence-electron chi connectivity index (χ0n) is 19.3. The highest BCUT2D eigenvalue weighted by Gasteiger charge is 2.34. The van der Waals surface area contributed by atoms with Crippen molar-refractivity contribution in [3.05, 3.63) is 42.6 Å². The predicted octanol–water partition coefficient (Wildman–Crippen LogP) is 3.72. The van der Waals surface area contributed by atoms with Gasteiger partial charge < -0.3 is 14.7 Å². The number of alkyl halides is 1. The number of aromatic nitrogens is 4. The van der Waals surface area contributed by atoms with Crippen molar-refractivity contribution in [3.8, 4) is 34.0 Å². The van der Waals surface area contributed by atoms with E-state index in [1.165, 1.54) is 26.4 Å². The molecule has 2 fully saturated rings. The average molecular weight is 465 g/mol. The summed E-state index contributed by atoms with van der Waals surface area (Å²) >= 11 is 0. The SMILES string of the molecule is COc1cc(-c2ccc(-c3ccc(N4CC[C@@H](N(CCF)C5CCC5)C4)nn3)c(O)c2)cnn1. The molecule has 2 aromatic heterocycles. The number of rotatable bonds is 8. The lowest BCUT2D eigenvalue weighted by Crippen LogP contribution is -2.48. The first kappa shape index (κ1) is 22.5. The molecule has 1 aliphatic heterocycles. The van der Waals surface area contributed by atoms with E-state index >= 15 is 0 Å². The van der Waals surface area contributed by atoms with E-state index in [1.54, 1.807) is 18.3 Å². The number of hydrogen-bond acceptors (Lipinski definition) is 8. The zero-order chi connectivity index (χ0) is 23.5. The van der Waals surface area contributed by atoms with Crippen LogP contribution >= 0.6 is 0 Å². The number of benzene rings is 1. The largest absolute Gasteiger partial charge is 0.507 e. The third kappa shape index (κ3) is 4.52. The van der Waals surface area contributed by atoms with Gasteiger partial charge in [-0.3, -0.25) is 4.90 Å². The molecular formula is C25H29FN6O2. The Morgan fingerprint density at radius 1 is 1.06 bits per heavy atom. The monoisotopic (exact) mass is 464 g/mol. The molecule has 1 atom stereocenters. The zero-order valence-corrected chi connectivity index (χ0v) is 19.3. The fraction of sp³-hybridized carbons (Fsp3) is 0.440. The molecule has 178 valence electrons. The summed E-state index contributed by atoms with van der Waals surface area (Å²) in [5.74, 6) is 1.33. The number of anilines is 1. The molecule has 0 unspecified atom stereocenters.